The van der Waals surface area contributed by atoms with E-state index in [1.54, 1.807) is 34.6 Å². The number of nitrogens with one attached hydrogen (secondary N) is 4. The van der Waals surface area contributed by atoms with Crippen LogP contribution in [0.25, 0.3) is 0 Å². The summed E-state index contributed by atoms with van der Waals surface area (Å²) in [7, 11) is 7.40. The van der Waals surface area contributed by atoms with Crippen LogP contribution in [0.4, 0.5) is 0 Å². The van der Waals surface area contributed by atoms with Crippen LogP contribution in [0.1, 0.15) is 190 Å². The molecule has 24 nitrogen and oxygen atoms in total. The Morgan fingerprint density at radius 2 is 0.830 bits per heavy atom. The van der Waals surface area contributed by atoms with Crippen molar-refractivity contribution in [1.82, 2.24) is 55.6 Å². The Morgan fingerprint density at radius 1 is 0.447 bits per heavy atom. The lowest BCUT2D eigenvalue weighted by atomic mass is 9.91. The lowest BCUT2D eigenvalue weighted by molar-refractivity contribution is -0.157. The van der Waals surface area contributed by atoms with Gasteiger partial charge in [0.05, 0.1) is 6.10 Å². The zero-order valence-electron chi connectivity index (χ0n) is 63.3. The minimum absolute atomic E-state index is 0.0314. The average Bonchev–Trinajstić information content (AvgIpc) is 0.792. The monoisotopic (exact) mass is 1350 g/mol. The highest BCUT2D eigenvalue weighted by atomic mass is 28.4. The van der Waals surface area contributed by atoms with Crippen LogP contribution in [-0.2, 0) is 57.2 Å². The molecule has 13 atom stereocenters. The third-order valence-electron chi connectivity index (χ3n) is 19.0. The molecule has 0 aromatic rings. The Hall–Kier alpha value is -5.69. The number of carbonyl (C=O) groups is 11. The van der Waals surface area contributed by atoms with Crippen LogP contribution in [0.5, 0.6) is 0 Å². The normalized spacial score (nSPS) is 26.6. The van der Waals surface area contributed by atoms with Crippen LogP contribution in [-0.4, -0.2) is 241 Å². The van der Waals surface area contributed by atoms with Crippen LogP contribution in [0.3, 0.4) is 0 Å². The van der Waals surface area contributed by atoms with E-state index in [9.17, 15) is 29.1 Å². The second-order valence-corrected chi connectivity index (χ2v) is 35.4. The van der Waals surface area contributed by atoms with Crippen molar-refractivity contribution in [2.75, 3.05) is 55.9 Å². The van der Waals surface area contributed by atoms with Crippen molar-refractivity contribution in [2.24, 2.45) is 41.4 Å². The topological polar surface area (TPSA) is 288 Å². The van der Waals surface area contributed by atoms with Crippen LogP contribution >= 0.6 is 0 Å². The first-order chi connectivity index (χ1) is 43.1. The van der Waals surface area contributed by atoms with Crippen molar-refractivity contribution in [3.63, 3.8) is 0 Å². The summed E-state index contributed by atoms with van der Waals surface area (Å²) in [5, 5.41) is 21.4. The van der Waals surface area contributed by atoms with Crippen molar-refractivity contribution in [1.29, 1.82) is 0 Å². The van der Waals surface area contributed by atoms with Crippen molar-refractivity contribution < 1.29 is 62.3 Å². The van der Waals surface area contributed by atoms with Gasteiger partial charge in [-0.15, -0.1) is 0 Å². The molecule has 94 heavy (non-hydrogen) atoms. The summed E-state index contributed by atoms with van der Waals surface area (Å²) in [4.78, 5) is 174. The van der Waals surface area contributed by atoms with Gasteiger partial charge in [-0.2, -0.15) is 0 Å². The van der Waals surface area contributed by atoms with Crippen molar-refractivity contribution in [3.8, 4) is 0 Å². The van der Waals surface area contributed by atoms with Gasteiger partial charge in [0.15, 0.2) is 8.32 Å². The molecule has 1 aliphatic rings. The molecule has 0 radical (unpaired) electrons. The fourth-order valence-electron chi connectivity index (χ4n) is 12.0. The predicted octanol–water partition coefficient (Wildman–Crippen LogP) is 5.88. The van der Waals surface area contributed by atoms with Gasteiger partial charge in [0.1, 0.15) is 66.5 Å². The lowest BCUT2D eigenvalue weighted by Gasteiger charge is -2.46. The molecule has 1 heterocycles. The third-order valence-corrected chi connectivity index (χ3v) is 23.5. The first-order valence-corrected chi connectivity index (χ1v) is 37.4. The third kappa shape index (κ3) is 23.3. The van der Waals surface area contributed by atoms with Gasteiger partial charge in [-0.05, 0) is 118 Å². The number of amides is 11. The molecule has 1 rings (SSSR count). The molecule has 1 saturated heterocycles. The minimum Gasteiger partial charge on any atom is -0.411 e. The van der Waals surface area contributed by atoms with E-state index in [1.807, 2.05) is 103 Å². The number of nitrogens with zero attached hydrogens (tertiary/aromatic N) is 7. The summed E-state index contributed by atoms with van der Waals surface area (Å²) in [6, 6.07) is -13.4. The van der Waals surface area contributed by atoms with Crippen LogP contribution in [0.2, 0.25) is 18.1 Å². The van der Waals surface area contributed by atoms with E-state index in [2.05, 4.69) is 21.3 Å². The van der Waals surface area contributed by atoms with Gasteiger partial charge in [0, 0.05) is 55.9 Å². The zero-order valence-corrected chi connectivity index (χ0v) is 64.3. The summed E-state index contributed by atoms with van der Waals surface area (Å²) in [5.41, 5.74) is 0. The standard InChI is InChI=1S/C69H129N11O13Si/c1-30-32-49-64(88)75(22)51(36-40(5)6)60(84)73-54(43(11)12)67(91)76(23)50(35-39(3)4)59(83)70-46(16)58(82)71-47(17)62(86)77(24)52(37-41(7)8)65(89)78(25)53(38-42(9)10)66(90)79(26)55(44(13)14)68(92)80(27)56(61(85)72-48(31-2)63(87)74(49)21)57(45(15)33-34-81)93-94(28,29)69(18,19)20/h39-57,81H,30-38H2,1-29H3,(H,70,83)(H,71,82)(H,72,85)(H,73,84)/t45-,46-,47+,48-,49-,50-,51+,52-,53-,54-,55-,56-,57-/m1/s1. The molecule has 1 aliphatic heterocycles. The summed E-state index contributed by atoms with van der Waals surface area (Å²) in [6.07, 6.45) is 0.298. The molecule has 5 N–H and O–H groups in total. The number of rotatable bonds is 19. The van der Waals surface area contributed by atoms with Gasteiger partial charge in [-0.25, -0.2) is 0 Å². The number of carbonyl (C=O) groups excluding carboxylic acids is 11. The Bertz CT molecular complexity index is 2560. The molecule has 25 heteroatoms. The fraction of sp³-hybridized carbons (Fsp3) is 0.841. The Labute approximate surface area is 566 Å². The quantitative estimate of drug-likeness (QED) is 0.0946. The largest absolute Gasteiger partial charge is 0.411 e. The van der Waals surface area contributed by atoms with Crippen molar-refractivity contribution in [2.45, 2.75) is 281 Å². The maximum atomic E-state index is 15.8. The first kappa shape index (κ1) is 86.3. The number of aliphatic hydroxyl groups excluding tert-OH is 1. The molecule has 542 valence electrons. The Balaban J connectivity index is 4.66. The van der Waals surface area contributed by atoms with Crippen molar-refractivity contribution in [3.05, 3.63) is 0 Å². The zero-order chi connectivity index (χ0) is 73.3. The van der Waals surface area contributed by atoms with Gasteiger partial charge in [-0.1, -0.05) is 131 Å². The van der Waals surface area contributed by atoms with E-state index < -0.39 is 169 Å². The molecule has 0 aromatic carbocycles. The highest BCUT2D eigenvalue weighted by molar-refractivity contribution is 6.74. The van der Waals surface area contributed by atoms with E-state index in [0.29, 0.717) is 6.42 Å². The highest BCUT2D eigenvalue weighted by Crippen LogP contribution is 2.40. The second-order valence-electron chi connectivity index (χ2n) is 30.7. The number of aliphatic hydroxyl groups is 1. The van der Waals surface area contributed by atoms with Gasteiger partial charge < -0.3 is 65.1 Å². The molecule has 1 fully saturated rings. The summed E-state index contributed by atoms with van der Waals surface area (Å²) in [5.74, 6) is -9.40. The van der Waals surface area contributed by atoms with Gasteiger partial charge in [-0.3, -0.25) is 52.7 Å². The molecule has 11 amide bonds. The molecule has 0 aliphatic carbocycles. The van der Waals surface area contributed by atoms with E-state index in [-0.39, 0.29) is 75.2 Å². The maximum Gasteiger partial charge on any atom is 0.246 e. The smallest absolute Gasteiger partial charge is 0.246 e. The number of likely N-dealkylation sites (N-methyl/N-ethyl adjacent to an activating group) is 7. The van der Waals surface area contributed by atoms with Gasteiger partial charge in [0.25, 0.3) is 0 Å². The van der Waals surface area contributed by atoms with Crippen LogP contribution in [0.15, 0.2) is 0 Å². The van der Waals surface area contributed by atoms with E-state index in [1.165, 1.54) is 97.5 Å². The molecular formula is C69H129N11O13Si. The molecule has 0 unspecified atom stereocenters. The van der Waals surface area contributed by atoms with E-state index >= 15 is 28.8 Å². The molecule has 0 bridgehead atoms. The van der Waals surface area contributed by atoms with E-state index in [4.69, 9.17) is 4.43 Å². The summed E-state index contributed by atoms with van der Waals surface area (Å²) < 4.78 is 7.19. The lowest BCUT2D eigenvalue weighted by Crippen LogP contribution is -2.65. The molecular weight excluding hydrogens is 1220 g/mol. The maximum absolute atomic E-state index is 15.8. The van der Waals surface area contributed by atoms with Crippen molar-refractivity contribution >= 4 is 73.3 Å². The van der Waals surface area contributed by atoms with Gasteiger partial charge in [0.2, 0.25) is 65.0 Å². The predicted molar refractivity (Wildman–Crippen MR) is 371 cm³/mol. The Kier molecular flexibility index (Phi) is 34.6. The minimum atomic E-state index is -2.87. The van der Waals surface area contributed by atoms with Gasteiger partial charge >= 0.3 is 0 Å². The summed E-state index contributed by atoms with van der Waals surface area (Å²) >= 11 is 0. The second kappa shape index (κ2) is 37.7. The fourth-order valence-corrected chi connectivity index (χ4v) is 13.3. The highest BCUT2D eigenvalue weighted by Gasteiger charge is 2.50. The SMILES string of the molecule is CCC[C@@H]1C(=O)N(C)[C@@H](CC(C)C)C(=O)N[C@H](C(C)C)C(=O)N(C)[C@H](CC(C)C)C(=O)N[C@H](C)C(=O)N[C@@H](C)C(=O)N(C)[C@H](CC(C)C)C(=O)N(C)[C@H](CC(C)C)C(=O)N(C)[C@H](C(C)C)C(=O)N(C)[C@H]([C@H](O[Si](C)(C)C(C)(C)C)[C@H](C)CCO)C(=O)N[C@H](CC)C(=O)N1C. The first-order valence-electron chi connectivity index (χ1n) is 34.5. The average molecular weight is 1350 g/mol. The Morgan fingerprint density at radius 3 is 1.24 bits per heavy atom. The van der Waals surface area contributed by atoms with Crippen LogP contribution < -0.4 is 21.3 Å². The summed E-state index contributed by atoms with van der Waals surface area (Å²) in [6.45, 7) is 40.2. The number of hydrogen-bond acceptors (Lipinski definition) is 13. The van der Waals surface area contributed by atoms with E-state index in [0.717, 1.165) is 0 Å². The number of hydrogen-bond donors (Lipinski definition) is 5. The molecule has 0 aromatic heterocycles. The molecule has 0 saturated carbocycles. The molecule has 0 spiro atoms. The van der Waals surface area contributed by atoms with Crippen LogP contribution in [0, 0.1) is 41.4 Å².